The zero-order chi connectivity index (χ0) is 23.1. The van der Waals surface area contributed by atoms with Gasteiger partial charge in [0.15, 0.2) is 17.4 Å². The van der Waals surface area contributed by atoms with E-state index in [9.17, 15) is 13.6 Å². The van der Waals surface area contributed by atoms with Gasteiger partial charge in [0, 0.05) is 29.3 Å². The minimum absolute atomic E-state index is 0.216. The van der Waals surface area contributed by atoms with Crippen molar-refractivity contribution in [2.24, 2.45) is 0 Å². The van der Waals surface area contributed by atoms with Crippen LogP contribution in [0.15, 0.2) is 36.4 Å². The lowest BCUT2D eigenvalue weighted by atomic mass is 9.96. The largest absolute Gasteiger partial charge is 0.491 e. The summed E-state index contributed by atoms with van der Waals surface area (Å²) in [6, 6.07) is 10.5. The molecule has 6 nitrogen and oxygen atoms in total. The van der Waals surface area contributed by atoms with Crippen molar-refractivity contribution < 1.29 is 23.0 Å². The highest BCUT2D eigenvalue weighted by molar-refractivity contribution is 6.10. The maximum Gasteiger partial charge on any atom is 0.410 e. The zero-order valence-corrected chi connectivity index (χ0v) is 18.4. The number of benzene rings is 2. The number of nitrogens with one attached hydrogen (secondary N) is 1. The first-order valence-electron chi connectivity index (χ1n) is 10.8. The summed E-state index contributed by atoms with van der Waals surface area (Å²) in [6.45, 7) is 2.93. The molecule has 33 heavy (non-hydrogen) atoms. The third-order valence-corrected chi connectivity index (χ3v) is 6.05. The molecule has 0 aliphatic carbocycles. The van der Waals surface area contributed by atoms with Crippen LogP contribution in [0, 0.1) is 11.6 Å². The number of rotatable bonds is 4. The van der Waals surface area contributed by atoms with Crippen molar-refractivity contribution >= 4 is 27.9 Å². The van der Waals surface area contributed by atoms with E-state index in [0.717, 1.165) is 33.1 Å². The summed E-state index contributed by atoms with van der Waals surface area (Å²) in [7, 11) is 1.23. The van der Waals surface area contributed by atoms with Gasteiger partial charge in [-0.25, -0.2) is 13.6 Å². The first-order valence-corrected chi connectivity index (χ1v) is 10.8. The van der Waals surface area contributed by atoms with Gasteiger partial charge < -0.3 is 19.4 Å². The van der Waals surface area contributed by atoms with Crippen molar-refractivity contribution in [3.05, 3.63) is 70.5 Å². The van der Waals surface area contributed by atoms with Gasteiger partial charge in [-0.1, -0.05) is 18.2 Å². The average Bonchev–Trinajstić information content (AvgIpc) is 3.19. The van der Waals surface area contributed by atoms with Gasteiger partial charge in [0.05, 0.1) is 37.2 Å². The highest BCUT2D eigenvalue weighted by Gasteiger charge is 2.27. The van der Waals surface area contributed by atoms with Crippen molar-refractivity contribution in [1.29, 1.82) is 0 Å². The summed E-state index contributed by atoms with van der Waals surface area (Å²) in [4.78, 5) is 22.3. The predicted octanol–water partition coefficient (Wildman–Crippen LogP) is 5.11. The van der Waals surface area contributed by atoms with Gasteiger partial charge >= 0.3 is 6.09 Å². The molecule has 0 bridgehead atoms. The van der Waals surface area contributed by atoms with Crippen LogP contribution in [-0.4, -0.2) is 41.2 Å². The molecule has 0 spiro atoms. The summed E-state index contributed by atoms with van der Waals surface area (Å²) >= 11 is 0. The first-order chi connectivity index (χ1) is 16.0. The highest BCUT2D eigenvalue weighted by atomic mass is 19.1. The molecule has 3 heterocycles. The molecule has 4 aromatic rings. The molecule has 0 unspecified atom stereocenters. The number of amides is 1. The molecule has 0 radical (unpaired) electrons. The molecule has 8 heteroatoms. The molecule has 1 aliphatic heterocycles. The molecule has 2 aromatic heterocycles. The number of nitrogens with zero attached hydrogens (tertiary/aromatic N) is 2. The van der Waals surface area contributed by atoms with Crippen molar-refractivity contribution in [2.45, 2.75) is 26.3 Å². The third kappa shape index (κ3) is 3.65. The Morgan fingerprint density at radius 3 is 2.70 bits per heavy atom. The second-order valence-electron chi connectivity index (χ2n) is 8.04. The van der Waals surface area contributed by atoms with E-state index < -0.39 is 17.4 Å². The summed E-state index contributed by atoms with van der Waals surface area (Å²) in [5.41, 5.74) is 4.76. The Balaban J connectivity index is 1.65. The van der Waals surface area contributed by atoms with Crippen molar-refractivity contribution in [2.75, 3.05) is 20.3 Å². The smallest absolute Gasteiger partial charge is 0.410 e. The van der Waals surface area contributed by atoms with E-state index in [1.54, 1.807) is 11.8 Å². The number of hydrogen-bond acceptors (Lipinski definition) is 4. The van der Waals surface area contributed by atoms with Crippen LogP contribution in [0.2, 0.25) is 0 Å². The lowest BCUT2D eigenvalue weighted by Crippen LogP contribution is -2.37. The fraction of sp³-hybridized carbons (Fsp3) is 0.280. The number of aromatic amines is 1. The van der Waals surface area contributed by atoms with Gasteiger partial charge in [-0.3, -0.25) is 4.98 Å². The molecule has 2 aromatic carbocycles. The monoisotopic (exact) mass is 451 g/mol. The minimum atomic E-state index is -0.758. The van der Waals surface area contributed by atoms with Gasteiger partial charge in [0.1, 0.15) is 0 Å². The van der Waals surface area contributed by atoms with Gasteiger partial charge in [-0.15, -0.1) is 0 Å². The molecule has 1 N–H and O–H groups in total. The Kier molecular flexibility index (Phi) is 5.36. The number of methoxy groups -OCH3 is 1. The van der Waals surface area contributed by atoms with Crippen LogP contribution in [0.5, 0.6) is 5.75 Å². The van der Waals surface area contributed by atoms with Crippen LogP contribution < -0.4 is 4.74 Å². The van der Waals surface area contributed by atoms with Gasteiger partial charge in [0.2, 0.25) is 0 Å². The fourth-order valence-electron chi connectivity index (χ4n) is 4.61. The van der Waals surface area contributed by atoms with E-state index in [-0.39, 0.29) is 12.5 Å². The number of ether oxygens (including phenoxy) is 2. The molecule has 170 valence electrons. The number of H-pyrrole nitrogens is 1. The van der Waals surface area contributed by atoms with Gasteiger partial charge in [-0.2, -0.15) is 0 Å². The molecular weight excluding hydrogens is 428 g/mol. The average molecular weight is 451 g/mol. The van der Waals surface area contributed by atoms with Crippen LogP contribution in [0.3, 0.4) is 0 Å². The van der Waals surface area contributed by atoms with E-state index in [1.807, 2.05) is 24.3 Å². The number of hydrogen-bond donors (Lipinski definition) is 1. The standard InChI is InChI=1S/C25H23F2N3O3/c1-3-33-25(31)30-9-8-16-21(13-30)28-20(12-14-10-17(26)24(32-2)18(27)11-14)23-22(16)15-6-4-5-7-19(15)29-23/h4-7,10-11,29H,3,8-9,12-13H2,1-2H3. The molecule has 0 atom stereocenters. The van der Waals surface area contributed by atoms with E-state index in [0.29, 0.717) is 37.4 Å². The molecule has 1 amide bonds. The Bertz CT molecular complexity index is 1360. The Morgan fingerprint density at radius 1 is 1.21 bits per heavy atom. The maximum atomic E-state index is 14.3. The summed E-state index contributed by atoms with van der Waals surface area (Å²) in [5.74, 6) is -1.92. The van der Waals surface area contributed by atoms with Crippen LogP contribution in [0.25, 0.3) is 21.8 Å². The third-order valence-electron chi connectivity index (χ3n) is 6.05. The second kappa shape index (κ2) is 8.35. The van der Waals surface area contributed by atoms with Gasteiger partial charge in [-0.05, 0) is 42.7 Å². The number of carbonyl (C=O) groups excluding carboxylic acids is 1. The first kappa shape index (κ1) is 21.2. The molecule has 5 rings (SSSR count). The lowest BCUT2D eigenvalue weighted by Gasteiger charge is -2.28. The van der Waals surface area contributed by atoms with Crippen molar-refractivity contribution in [3.8, 4) is 5.75 Å². The van der Waals surface area contributed by atoms with E-state index >= 15 is 0 Å². The number of aromatic nitrogens is 2. The molecule has 0 fully saturated rings. The number of fused-ring (bicyclic) bond motifs is 5. The zero-order valence-electron chi connectivity index (χ0n) is 18.4. The SMILES string of the molecule is CCOC(=O)N1CCc2c(nc(Cc3cc(F)c(OC)c(F)c3)c3[nH]c4ccccc4c23)C1. The topological polar surface area (TPSA) is 67.4 Å². The second-order valence-corrected chi connectivity index (χ2v) is 8.04. The van der Waals surface area contributed by atoms with E-state index in [1.165, 1.54) is 19.2 Å². The summed E-state index contributed by atoms with van der Waals surface area (Å²) < 4.78 is 38.6. The van der Waals surface area contributed by atoms with Crippen molar-refractivity contribution in [1.82, 2.24) is 14.9 Å². The normalized spacial score (nSPS) is 13.4. The number of halogens is 2. The quantitative estimate of drug-likeness (QED) is 0.468. The van der Waals surface area contributed by atoms with Crippen LogP contribution >= 0.6 is 0 Å². The number of pyridine rings is 1. The Morgan fingerprint density at radius 2 is 1.97 bits per heavy atom. The van der Waals surface area contributed by atoms with E-state index in [2.05, 4.69) is 4.98 Å². The van der Waals surface area contributed by atoms with Crippen molar-refractivity contribution in [3.63, 3.8) is 0 Å². The highest BCUT2D eigenvalue weighted by Crippen LogP contribution is 2.35. The molecule has 1 aliphatic rings. The molecular formula is C25H23F2N3O3. The summed E-state index contributed by atoms with van der Waals surface area (Å²) in [5, 5.41) is 2.10. The fourth-order valence-corrected chi connectivity index (χ4v) is 4.61. The van der Waals surface area contributed by atoms with Crippen LogP contribution in [0.4, 0.5) is 13.6 Å². The van der Waals surface area contributed by atoms with Crippen LogP contribution in [-0.2, 0) is 24.1 Å². The van der Waals surface area contributed by atoms with E-state index in [4.69, 9.17) is 14.5 Å². The number of para-hydroxylation sites is 1. The predicted molar refractivity (Wildman–Crippen MR) is 120 cm³/mol. The summed E-state index contributed by atoms with van der Waals surface area (Å²) in [6.07, 6.45) is 0.490. The molecule has 0 saturated carbocycles. The Hall–Kier alpha value is -3.68. The lowest BCUT2D eigenvalue weighted by molar-refractivity contribution is 0.102. The minimum Gasteiger partial charge on any atom is -0.491 e. The Labute approximate surface area is 189 Å². The van der Waals surface area contributed by atoms with Crippen LogP contribution in [0.1, 0.15) is 29.4 Å². The molecule has 0 saturated heterocycles. The number of carbonyl (C=O) groups is 1. The maximum absolute atomic E-state index is 14.3. The van der Waals surface area contributed by atoms with Gasteiger partial charge in [0.25, 0.3) is 0 Å².